The predicted octanol–water partition coefficient (Wildman–Crippen LogP) is 0.503. The molecule has 2 aliphatic rings. The normalized spacial score (nSPS) is 17.4. The fourth-order valence-corrected chi connectivity index (χ4v) is 3.70. The summed E-state index contributed by atoms with van der Waals surface area (Å²) < 4.78 is 0. The van der Waals surface area contributed by atoms with Gasteiger partial charge in [0.1, 0.15) is 5.82 Å². The van der Waals surface area contributed by atoms with Crippen molar-refractivity contribution in [1.82, 2.24) is 24.8 Å². The van der Waals surface area contributed by atoms with E-state index in [-0.39, 0.29) is 11.8 Å². The molecule has 2 amide bonds. The minimum Gasteiger partial charge on any atom is -0.353 e. The first-order chi connectivity index (χ1) is 14.1. The molecule has 0 atom stereocenters. The van der Waals surface area contributed by atoms with Gasteiger partial charge in [-0.3, -0.25) is 9.59 Å². The van der Waals surface area contributed by atoms with Crippen LogP contribution in [0.5, 0.6) is 0 Å². The summed E-state index contributed by atoms with van der Waals surface area (Å²) in [6.07, 6.45) is 5.11. The second kappa shape index (κ2) is 8.42. The highest BCUT2D eigenvalue weighted by atomic mass is 16.2. The molecule has 152 valence electrons. The lowest BCUT2D eigenvalue weighted by Gasteiger charge is -2.35. The number of hydrogen-bond donors (Lipinski definition) is 0. The molecule has 2 aromatic rings. The van der Waals surface area contributed by atoms with E-state index in [9.17, 15) is 9.59 Å². The van der Waals surface area contributed by atoms with Gasteiger partial charge in [-0.2, -0.15) is 0 Å². The Hall–Kier alpha value is -3.23. The molecule has 2 saturated heterocycles. The highest BCUT2D eigenvalue weighted by Gasteiger charge is 2.24. The van der Waals surface area contributed by atoms with E-state index in [1.807, 2.05) is 21.9 Å². The van der Waals surface area contributed by atoms with Crippen molar-refractivity contribution < 1.29 is 9.59 Å². The smallest absolute Gasteiger partial charge is 0.255 e. The number of aromatic nitrogens is 3. The van der Waals surface area contributed by atoms with E-state index in [2.05, 4.69) is 24.8 Å². The van der Waals surface area contributed by atoms with Crippen molar-refractivity contribution in [3.63, 3.8) is 0 Å². The molecule has 0 saturated carbocycles. The molecular weight excluding hydrogens is 370 g/mol. The SMILES string of the molecule is CC(=O)N1CCN(c2ccc(C(=O)N3CCN(c4ncccn4)CC3)cn2)CC1. The molecule has 0 aliphatic carbocycles. The van der Waals surface area contributed by atoms with Gasteiger partial charge in [0.2, 0.25) is 11.9 Å². The molecule has 2 fully saturated rings. The maximum atomic E-state index is 12.8. The van der Waals surface area contributed by atoms with E-state index >= 15 is 0 Å². The first kappa shape index (κ1) is 19.1. The van der Waals surface area contributed by atoms with E-state index in [0.29, 0.717) is 50.8 Å². The molecule has 4 heterocycles. The average molecular weight is 395 g/mol. The Morgan fingerprint density at radius 2 is 1.41 bits per heavy atom. The number of rotatable bonds is 3. The molecule has 0 unspecified atom stereocenters. The van der Waals surface area contributed by atoms with Crippen molar-refractivity contribution in [2.24, 2.45) is 0 Å². The summed E-state index contributed by atoms with van der Waals surface area (Å²) >= 11 is 0. The number of nitrogens with zero attached hydrogens (tertiary/aromatic N) is 7. The molecule has 9 nitrogen and oxygen atoms in total. The van der Waals surface area contributed by atoms with Crippen molar-refractivity contribution in [2.45, 2.75) is 6.92 Å². The molecule has 29 heavy (non-hydrogen) atoms. The lowest BCUT2D eigenvalue weighted by Crippen LogP contribution is -2.49. The molecule has 0 radical (unpaired) electrons. The highest BCUT2D eigenvalue weighted by molar-refractivity contribution is 5.94. The van der Waals surface area contributed by atoms with Crippen LogP contribution in [-0.4, -0.2) is 88.9 Å². The van der Waals surface area contributed by atoms with Crippen LogP contribution in [0.25, 0.3) is 0 Å². The Kier molecular flexibility index (Phi) is 5.55. The van der Waals surface area contributed by atoms with Gasteiger partial charge in [-0.05, 0) is 18.2 Å². The lowest BCUT2D eigenvalue weighted by atomic mass is 10.2. The lowest BCUT2D eigenvalue weighted by molar-refractivity contribution is -0.129. The van der Waals surface area contributed by atoms with Gasteiger partial charge in [0.05, 0.1) is 5.56 Å². The number of carbonyl (C=O) groups excluding carboxylic acids is 2. The van der Waals surface area contributed by atoms with Gasteiger partial charge in [-0.25, -0.2) is 15.0 Å². The third-order valence-corrected chi connectivity index (χ3v) is 5.45. The number of piperazine rings is 2. The van der Waals surface area contributed by atoms with Crippen molar-refractivity contribution >= 4 is 23.6 Å². The summed E-state index contributed by atoms with van der Waals surface area (Å²) in [7, 11) is 0. The monoisotopic (exact) mass is 395 g/mol. The number of anilines is 2. The summed E-state index contributed by atoms with van der Waals surface area (Å²) in [5, 5.41) is 0. The second-order valence-corrected chi connectivity index (χ2v) is 7.23. The molecule has 4 rings (SSSR count). The summed E-state index contributed by atoms with van der Waals surface area (Å²) in [5.41, 5.74) is 0.598. The number of pyridine rings is 1. The van der Waals surface area contributed by atoms with E-state index in [1.165, 1.54) is 0 Å². The summed E-state index contributed by atoms with van der Waals surface area (Å²) in [4.78, 5) is 45.2. The molecule has 0 N–H and O–H groups in total. The molecule has 0 spiro atoms. The summed E-state index contributed by atoms with van der Waals surface area (Å²) in [6, 6.07) is 5.53. The van der Waals surface area contributed by atoms with Crippen LogP contribution in [-0.2, 0) is 4.79 Å². The quantitative estimate of drug-likeness (QED) is 0.748. The van der Waals surface area contributed by atoms with Gasteiger partial charge in [0.25, 0.3) is 5.91 Å². The van der Waals surface area contributed by atoms with Gasteiger partial charge in [0.15, 0.2) is 0 Å². The zero-order valence-corrected chi connectivity index (χ0v) is 16.6. The van der Waals surface area contributed by atoms with Crippen LogP contribution in [0.1, 0.15) is 17.3 Å². The Morgan fingerprint density at radius 3 is 2.00 bits per heavy atom. The predicted molar refractivity (Wildman–Crippen MR) is 109 cm³/mol. The molecule has 2 aromatic heterocycles. The average Bonchev–Trinajstić information content (AvgIpc) is 2.79. The van der Waals surface area contributed by atoms with Gasteiger partial charge < -0.3 is 19.6 Å². The topological polar surface area (TPSA) is 85.8 Å². The van der Waals surface area contributed by atoms with Crippen LogP contribution >= 0.6 is 0 Å². The van der Waals surface area contributed by atoms with Crippen molar-refractivity contribution in [3.05, 3.63) is 42.4 Å². The van der Waals surface area contributed by atoms with Gasteiger partial charge >= 0.3 is 0 Å². The van der Waals surface area contributed by atoms with E-state index in [4.69, 9.17) is 0 Å². The molecule has 0 aromatic carbocycles. The first-order valence-corrected chi connectivity index (χ1v) is 9.89. The fourth-order valence-electron chi connectivity index (χ4n) is 3.70. The van der Waals surface area contributed by atoms with Crippen LogP contribution in [0.2, 0.25) is 0 Å². The molecule has 9 heteroatoms. The Morgan fingerprint density at radius 1 is 0.793 bits per heavy atom. The second-order valence-electron chi connectivity index (χ2n) is 7.23. The minimum absolute atomic E-state index is 0.000853. The zero-order chi connectivity index (χ0) is 20.2. The molecule has 2 aliphatic heterocycles. The van der Waals surface area contributed by atoms with Crippen molar-refractivity contribution in [1.29, 1.82) is 0 Å². The van der Waals surface area contributed by atoms with E-state index in [1.54, 1.807) is 31.6 Å². The fraction of sp³-hybridized carbons (Fsp3) is 0.450. The van der Waals surface area contributed by atoms with Gasteiger partial charge in [-0.1, -0.05) is 0 Å². The maximum Gasteiger partial charge on any atom is 0.255 e. The Bertz CT molecular complexity index is 843. The standard InChI is InChI=1S/C20H25N7O2/c1-16(28)24-7-9-25(10-8-24)18-4-3-17(15-23-18)19(29)26-11-13-27(14-12-26)20-21-5-2-6-22-20/h2-6,15H,7-14H2,1H3. The third kappa shape index (κ3) is 4.28. The Labute approximate surface area is 170 Å². The molecule has 0 bridgehead atoms. The van der Waals surface area contributed by atoms with Gasteiger partial charge in [-0.15, -0.1) is 0 Å². The summed E-state index contributed by atoms with van der Waals surface area (Å²) in [6.45, 7) is 7.19. The van der Waals surface area contributed by atoms with Crippen LogP contribution in [0.15, 0.2) is 36.8 Å². The summed E-state index contributed by atoms with van der Waals surface area (Å²) in [5.74, 6) is 1.66. The van der Waals surface area contributed by atoms with Gasteiger partial charge in [0, 0.05) is 77.9 Å². The maximum absolute atomic E-state index is 12.8. The zero-order valence-electron chi connectivity index (χ0n) is 16.6. The number of amides is 2. The first-order valence-electron chi connectivity index (χ1n) is 9.89. The van der Waals surface area contributed by atoms with Crippen LogP contribution in [0.4, 0.5) is 11.8 Å². The Balaban J connectivity index is 1.32. The van der Waals surface area contributed by atoms with Crippen molar-refractivity contribution in [2.75, 3.05) is 62.2 Å². The largest absolute Gasteiger partial charge is 0.353 e. The third-order valence-electron chi connectivity index (χ3n) is 5.45. The van der Waals surface area contributed by atoms with Crippen LogP contribution < -0.4 is 9.80 Å². The van der Waals surface area contributed by atoms with Crippen LogP contribution in [0.3, 0.4) is 0 Å². The van der Waals surface area contributed by atoms with Crippen LogP contribution in [0, 0.1) is 0 Å². The van der Waals surface area contributed by atoms with E-state index < -0.39 is 0 Å². The van der Waals surface area contributed by atoms with E-state index in [0.717, 1.165) is 18.9 Å². The highest BCUT2D eigenvalue weighted by Crippen LogP contribution is 2.16. The van der Waals surface area contributed by atoms with Crippen molar-refractivity contribution in [3.8, 4) is 0 Å². The number of carbonyl (C=O) groups is 2. The molecular formula is C20H25N7O2. The minimum atomic E-state index is -0.000853. The number of hydrogen-bond acceptors (Lipinski definition) is 7.